The molecule has 1 aromatic heterocycles. The summed E-state index contributed by atoms with van der Waals surface area (Å²) in [6, 6.07) is 0.414. The lowest BCUT2D eigenvalue weighted by Gasteiger charge is -2.30. The van der Waals surface area contributed by atoms with Gasteiger partial charge in [-0.2, -0.15) is 5.10 Å². The largest absolute Gasteiger partial charge is 0.396 e. The Hall–Kier alpha value is -1.36. The molecule has 1 atom stereocenters. The number of hydrogen-bond donors (Lipinski definition) is 2. The van der Waals surface area contributed by atoms with E-state index in [2.05, 4.69) is 24.3 Å². The minimum absolute atomic E-state index is 0.0475. The van der Waals surface area contributed by atoms with Gasteiger partial charge in [-0.15, -0.1) is 0 Å². The average Bonchev–Trinajstić information content (AvgIpc) is 2.98. The topological polar surface area (TPSA) is 67.2 Å². The van der Waals surface area contributed by atoms with Gasteiger partial charge in [0.05, 0.1) is 17.8 Å². The lowest BCUT2D eigenvalue weighted by Crippen LogP contribution is -2.41. The van der Waals surface area contributed by atoms with Crippen LogP contribution in [0.1, 0.15) is 87.3 Å². The van der Waals surface area contributed by atoms with Crippen LogP contribution in [0, 0.1) is 12.8 Å². The van der Waals surface area contributed by atoms with E-state index in [4.69, 9.17) is 0 Å². The number of aliphatic hydroxyl groups excluding tert-OH is 1. The second-order valence-electron chi connectivity index (χ2n) is 7.05. The van der Waals surface area contributed by atoms with Crippen molar-refractivity contribution in [2.45, 2.75) is 84.2 Å². The fourth-order valence-corrected chi connectivity index (χ4v) is 4.00. The Balaban J connectivity index is 2.09. The molecular weight excluding hydrogens is 302 g/mol. The minimum Gasteiger partial charge on any atom is -0.396 e. The van der Waals surface area contributed by atoms with Crippen LogP contribution in [0.3, 0.4) is 0 Å². The number of carbonyl (C=O) groups is 1. The monoisotopic (exact) mass is 335 g/mol. The Labute approximate surface area is 145 Å². The van der Waals surface area contributed by atoms with Crippen LogP contribution in [0.15, 0.2) is 6.20 Å². The summed E-state index contributed by atoms with van der Waals surface area (Å²) in [4.78, 5) is 12.8. The number of nitrogens with one attached hydrogen (secondary N) is 1. The Kier molecular flexibility index (Phi) is 7.28. The van der Waals surface area contributed by atoms with Crippen LogP contribution in [-0.4, -0.2) is 33.4 Å². The van der Waals surface area contributed by atoms with Gasteiger partial charge in [-0.1, -0.05) is 33.1 Å². The van der Waals surface area contributed by atoms with E-state index in [1.165, 1.54) is 19.3 Å². The highest BCUT2D eigenvalue weighted by Gasteiger charge is 2.26. The van der Waals surface area contributed by atoms with Crippen molar-refractivity contribution in [2.75, 3.05) is 6.61 Å². The molecule has 0 saturated heterocycles. The van der Waals surface area contributed by atoms with Gasteiger partial charge in [-0.05, 0) is 44.9 Å². The average molecular weight is 335 g/mol. The Bertz CT molecular complexity index is 517. The van der Waals surface area contributed by atoms with Gasteiger partial charge in [0.2, 0.25) is 0 Å². The number of rotatable bonds is 8. The summed E-state index contributed by atoms with van der Waals surface area (Å²) < 4.78 is 1.98. The zero-order chi connectivity index (χ0) is 17.5. The van der Waals surface area contributed by atoms with Gasteiger partial charge >= 0.3 is 0 Å². The highest BCUT2D eigenvalue weighted by Crippen LogP contribution is 2.28. The van der Waals surface area contributed by atoms with Gasteiger partial charge in [-0.3, -0.25) is 9.48 Å². The van der Waals surface area contributed by atoms with Crippen molar-refractivity contribution in [1.82, 2.24) is 15.1 Å². The van der Waals surface area contributed by atoms with E-state index in [1.54, 1.807) is 6.20 Å². The van der Waals surface area contributed by atoms with Crippen molar-refractivity contribution in [3.63, 3.8) is 0 Å². The van der Waals surface area contributed by atoms with E-state index in [1.807, 2.05) is 11.6 Å². The molecular formula is C19H33N3O2. The number of aliphatic hydroxyl groups is 1. The molecule has 0 spiro atoms. The number of aromatic nitrogens is 2. The zero-order valence-corrected chi connectivity index (χ0v) is 15.4. The first-order chi connectivity index (χ1) is 11.6. The second kappa shape index (κ2) is 9.21. The first-order valence-corrected chi connectivity index (χ1v) is 9.58. The smallest absolute Gasteiger partial charge is 0.254 e. The van der Waals surface area contributed by atoms with Crippen molar-refractivity contribution in [2.24, 2.45) is 5.92 Å². The van der Waals surface area contributed by atoms with E-state index in [0.717, 1.165) is 31.4 Å². The summed E-state index contributed by atoms with van der Waals surface area (Å²) in [5.41, 5.74) is 1.60. The Morgan fingerprint density at radius 3 is 2.58 bits per heavy atom. The number of amides is 1. The van der Waals surface area contributed by atoms with Gasteiger partial charge in [0.1, 0.15) is 0 Å². The third-order valence-corrected chi connectivity index (χ3v) is 5.55. The van der Waals surface area contributed by atoms with Crippen molar-refractivity contribution in [3.05, 3.63) is 17.5 Å². The maximum atomic E-state index is 12.8. The summed E-state index contributed by atoms with van der Waals surface area (Å²) >= 11 is 0. The van der Waals surface area contributed by atoms with E-state index in [-0.39, 0.29) is 18.6 Å². The fraction of sp³-hybridized carbons (Fsp3) is 0.789. The van der Waals surface area contributed by atoms with Gasteiger partial charge in [0, 0.05) is 18.3 Å². The normalized spacial score (nSPS) is 17.2. The predicted octanol–water partition coefficient (Wildman–Crippen LogP) is 3.61. The molecule has 1 heterocycles. The second-order valence-corrected chi connectivity index (χ2v) is 7.05. The number of nitrogens with zero attached hydrogens (tertiary/aromatic N) is 2. The van der Waals surface area contributed by atoms with Crippen molar-refractivity contribution in [3.8, 4) is 0 Å². The van der Waals surface area contributed by atoms with Crippen LogP contribution in [0.4, 0.5) is 0 Å². The highest BCUT2D eigenvalue weighted by atomic mass is 16.3. The van der Waals surface area contributed by atoms with Crippen molar-refractivity contribution < 1.29 is 9.90 Å². The quantitative estimate of drug-likeness (QED) is 0.762. The first-order valence-electron chi connectivity index (χ1n) is 9.58. The molecule has 2 N–H and O–H groups in total. The van der Waals surface area contributed by atoms with Crippen LogP contribution < -0.4 is 5.32 Å². The fourth-order valence-electron chi connectivity index (χ4n) is 4.00. The van der Waals surface area contributed by atoms with Crippen molar-refractivity contribution >= 4 is 5.91 Å². The molecule has 1 amide bonds. The van der Waals surface area contributed by atoms with Crippen LogP contribution in [0.2, 0.25) is 0 Å². The summed E-state index contributed by atoms with van der Waals surface area (Å²) in [6.45, 7) is 6.39. The van der Waals surface area contributed by atoms with E-state index >= 15 is 0 Å². The Morgan fingerprint density at radius 1 is 1.33 bits per heavy atom. The SMILES string of the molecule is CCC(CC)n1ncc(C(=O)NC(CCO)C2CCCCC2)c1C. The summed E-state index contributed by atoms with van der Waals surface area (Å²) in [5, 5.41) is 17.0. The third-order valence-electron chi connectivity index (χ3n) is 5.55. The molecule has 0 radical (unpaired) electrons. The van der Waals surface area contributed by atoms with Gasteiger partial charge in [0.25, 0.3) is 5.91 Å². The molecule has 136 valence electrons. The number of hydrogen-bond acceptors (Lipinski definition) is 3. The molecule has 1 aromatic rings. The molecule has 1 aliphatic rings. The van der Waals surface area contributed by atoms with E-state index in [9.17, 15) is 9.90 Å². The molecule has 0 aromatic carbocycles. The lowest BCUT2D eigenvalue weighted by atomic mass is 9.82. The molecule has 1 unspecified atom stereocenters. The minimum atomic E-state index is -0.0475. The molecule has 0 aliphatic heterocycles. The third kappa shape index (κ3) is 4.38. The predicted molar refractivity (Wildman–Crippen MR) is 96.1 cm³/mol. The van der Waals surface area contributed by atoms with Crippen LogP contribution in [0.25, 0.3) is 0 Å². The lowest BCUT2D eigenvalue weighted by molar-refractivity contribution is 0.0899. The molecule has 0 bridgehead atoms. The molecule has 2 rings (SSSR count). The summed E-state index contributed by atoms with van der Waals surface area (Å²) in [6.07, 6.45) is 10.4. The van der Waals surface area contributed by atoms with Gasteiger partial charge in [-0.25, -0.2) is 0 Å². The molecule has 1 aliphatic carbocycles. The zero-order valence-electron chi connectivity index (χ0n) is 15.4. The molecule has 24 heavy (non-hydrogen) atoms. The maximum absolute atomic E-state index is 12.8. The summed E-state index contributed by atoms with van der Waals surface area (Å²) in [5.74, 6) is 0.443. The van der Waals surface area contributed by atoms with Crippen LogP contribution in [-0.2, 0) is 0 Å². The maximum Gasteiger partial charge on any atom is 0.254 e. The molecule has 5 nitrogen and oxygen atoms in total. The number of carbonyl (C=O) groups excluding carboxylic acids is 1. The Morgan fingerprint density at radius 2 is 2.00 bits per heavy atom. The van der Waals surface area contributed by atoms with E-state index in [0.29, 0.717) is 23.9 Å². The van der Waals surface area contributed by atoms with Crippen molar-refractivity contribution in [1.29, 1.82) is 0 Å². The highest BCUT2D eigenvalue weighted by molar-refractivity contribution is 5.95. The standard InChI is InChI=1S/C19H33N3O2/c1-4-16(5-2)22-14(3)17(13-20-22)19(24)21-18(11-12-23)15-9-7-6-8-10-15/h13,15-16,18,23H,4-12H2,1-3H3,(H,21,24). The van der Waals surface area contributed by atoms with Gasteiger partial charge < -0.3 is 10.4 Å². The first kappa shape index (κ1) is 19.0. The van der Waals surface area contributed by atoms with E-state index < -0.39 is 0 Å². The van der Waals surface area contributed by atoms with Crippen LogP contribution in [0.5, 0.6) is 0 Å². The van der Waals surface area contributed by atoms with Gasteiger partial charge in [0.15, 0.2) is 0 Å². The van der Waals surface area contributed by atoms with Crippen LogP contribution >= 0.6 is 0 Å². The molecule has 5 heteroatoms. The molecule has 1 fully saturated rings. The summed E-state index contributed by atoms with van der Waals surface area (Å²) in [7, 11) is 0. The molecule has 1 saturated carbocycles.